The van der Waals surface area contributed by atoms with Crippen molar-refractivity contribution >= 4 is 48.1 Å². The Labute approximate surface area is 238 Å². The van der Waals surface area contributed by atoms with Gasteiger partial charge in [-0.15, -0.1) is 0 Å². The van der Waals surface area contributed by atoms with E-state index in [9.17, 15) is 0 Å². The quantitative estimate of drug-likeness (QED) is 0.240. The van der Waals surface area contributed by atoms with Crippen LogP contribution in [0.4, 0.5) is 5.69 Å². The molecular formula is C36H29NOP2. The van der Waals surface area contributed by atoms with Gasteiger partial charge >= 0.3 is 0 Å². The third-order valence-corrected chi connectivity index (χ3v) is 12.3. The molecule has 0 radical (unpaired) electrons. The summed E-state index contributed by atoms with van der Waals surface area (Å²) < 4.78 is 7.18. The van der Waals surface area contributed by atoms with Crippen LogP contribution in [-0.2, 0) is 0 Å². The number of allylic oxidation sites excluding steroid dienone is 2. The van der Waals surface area contributed by atoms with Crippen molar-refractivity contribution in [3.63, 3.8) is 0 Å². The predicted molar refractivity (Wildman–Crippen MR) is 173 cm³/mol. The molecule has 2 aliphatic rings. The molecule has 0 saturated carbocycles. The molecule has 7 rings (SSSR count). The fourth-order valence-corrected chi connectivity index (χ4v) is 10.5. The summed E-state index contributed by atoms with van der Waals surface area (Å²) >= 11 is 0. The highest BCUT2D eigenvalue weighted by Crippen LogP contribution is 2.50. The Morgan fingerprint density at radius 3 is 1.55 bits per heavy atom. The first kappa shape index (κ1) is 25.0. The molecule has 1 aliphatic heterocycles. The zero-order valence-electron chi connectivity index (χ0n) is 22.0. The largest absolute Gasteiger partial charge is 0.480 e. The van der Waals surface area contributed by atoms with Gasteiger partial charge in [0.15, 0.2) is 5.75 Å². The number of fused-ring (bicyclic) bond motifs is 2. The van der Waals surface area contributed by atoms with Gasteiger partial charge in [-0.3, -0.25) is 0 Å². The van der Waals surface area contributed by atoms with Gasteiger partial charge in [0, 0.05) is 10.6 Å². The summed E-state index contributed by atoms with van der Waals surface area (Å²) in [6.07, 6.45) is 6.63. The molecule has 1 aliphatic carbocycles. The molecule has 0 fully saturated rings. The Bertz CT molecular complexity index is 1570. The number of benzene rings is 5. The minimum absolute atomic E-state index is 0.0693. The first-order valence-corrected chi connectivity index (χ1v) is 16.3. The van der Waals surface area contributed by atoms with Gasteiger partial charge < -0.3 is 10.1 Å². The SMILES string of the molecule is C1=CC2Nc3cccc(P(c4ccccc4)c4ccccc4)c3OC2C(P(c2ccccc2)c2ccccc2)=C1. The van der Waals surface area contributed by atoms with E-state index in [1.807, 2.05) is 0 Å². The van der Waals surface area contributed by atoms with Gasteiger partial charge in [-0.25, -0.2) is 0 Å². The van der Waals surface area contributed by atoms with Gasteiger partial charge in [-0.2, -0.15) is 0 Å². The van der Waals surface area contributed by atoms with Crippen LogP contribution in [-0.4, -0.2) is 12.1 Å². The maximum Gasteiger partial charge on any atom is 0.151 e. The molecule has 5 aromatic rings. The van der Waals surface area contributed by atoms with Gasteiger partial charge in [0.25, 0.3) is 0 Å². The Kier molecular flexibility index (Phi) is 7.05. The maximum absolute atomic E-state index is 7.18. The number of para-hydroxylation sites is 1. The second-order valence-electron chi connectivity index (χ2n) is 9.85. The normalized spacial score (nSPS) is 17.4. The van der Waals surface area contributed by atoms with Crippen molar-refractivity contribution in [1.29, 1.82) is 0 Å². The van der Waals surface area contributed by atoms with Crippen LogP contribution in [0.15, 0.2) is 163 Å². The molecule has 2 atom stereocenters. The van der Waals surface area contributed by atoms with Crippen molar-refractivity contribution in [3.05, 3.63) is 163 Å². The summed E-state index contributed by atoms with van der Waals surface area (Å²) in [6.45, 7) is 0. The van der Waals surface area contributed by atoms with Gasteiger partial charge in [0.2, 0.25) is 0 Å². The average molecular weight is 554 g/mol. The molecule has 2 nitrogen and oxygen atoms in total. The van der Waals surface area contributed by atoms with E-state index in [4.69, 9.17) is 4.74 Å². The number of anilines is 1. The zero-order valence-corrected chi connectivity index (χ0v) is 23.8. The average Bonchev–Trinajstić information content (AvgIpc) is 3.03. The van der Waals surface area contributed by atoms with Crippen LogP contribution < -0.4 is 36.6 Å². The number of hydrogen-bond donors (Lipinski definition) is 1. The van der Waals surface area contributed by atoms with Crippen LogP contribution in [0.25, 0.3) is 0 Å². The second-order valence-corrected chi connectivity index (χ2v) is 14.3. The summed E-state index contributed by atoms with van der Waals surface area (Å²) in [7, 11) is -1.56. The van der Waals surface area contributed by atoms with Gasteiger partial charge in [-0.1, -0.05) is 146 Å². The third kappa shape index (κ3) is 4.79. The summed E-state index contributed by atoms with van der Waals surface area (Å²) in [5, 5.41) is 11.7. The first-order chi connectivity index (χ1) is 19.9. The fraction of sp³-hybridized carbons (Fsp3) is 0.0556. The summed E-state index contributed by atoms with van der Waals surface area (Å²) in [5.74, 6) is 0.972. The second kappa shape index (κ2) is 11.3. The summed E-state index contributed by atoms with van der Waals surface area (Å²) in [4.78, 5) is 0. The molecule has 0 spiro atoms. The molecule has 4 heteroatoms. The monoisotopic (exact) mass is 553 g/mol. The number of hydrogen-bond acceptors (Lipinski definition) is 2. The number of rotatable bonds is 6. The topological polar surface area (TPSA) is 21.3 Å². The minimum Gasteiger partial charge on any atom is -0.480 e. The molecule has 0 aromatic heterocycles. The smallest absolute Gasteiger partial charge is 0.151 e. The van der Waals surface area contributed by atoms with E-state index in [0.29, 0.717) is 0 Å². The molecular weight excluding hydrogens is 524 g/mol. The molecule has 40 heavy (non-hydrogen) atoms. The van der Waals surface area contributed by atoms with Gasteiger partial charge in [-0.05, 0) is 49.2 Å². The van der Waals surface area contributed by atoms with Crippen molar-refractivity contribution in [1.82, 2.24) is 0 Å². The lowest BCUT2D eigenvalue weighted by Gasteiger charge is -2.40. The minimum atomic E-state index is -0.800. The van der Waals surface area contributed by atoms with Crippen molar-refractivity contribution in [3.8, 4) is 5.75 Å². The maximum atomic E-state index is 7.18. The molecule has 194 valence electrons. The van der Waals surface area contributed by atoms with Crippen molar-refractivity contribution in [2.24, 2.45) is 0 Å². The lowest BCUT2D eigenvalue weighted by atomic mass is 10.0. The standard InChI is InChI=1S/C36H29NOP2/c1-5-15-27(16-6-1)39(28-17-7-2-8-18-28)33-25-13-23-31-35(33)38-36-32(37-31)24-14-26-34(36)40(29-19-9-3-10-20-29)30-21-11-4-12-22-30/h1-26,31,35,37H. The molecule has 0 bridgehead atoms. The van der Waals surface area contributed by atoms with E-state index in [1.165, 1.54) is 31.8 Å². The van der Waals surface area contributed by atoms with E-state index in [-0.39, 0.29) is 12.1 Å². The van der Waals surface area contributed by atoms with Crippen molar-refractivity contribution < 1.29 is 4.74 Å². The highest BCUT2D eigenvalue weighted by Gasteiger charge is 2.38. The lowest BCUT2D eigenvalue weighted by molar-refractivity contribution is 0.227. The Morgan fingerprint density at radius 1 is 0.525 bits per heavy atom. The molecule has 1 N–H and O–H groups in total. The lowest BCUT2D eigenvalue weighted by Crippen LogP contribution is -2.44. The van der Waals surface area contributed by atoms with Crippen LogP contribution in [0.1, 0.15) is 0 Å². The van der Waals surface area contributed by atoms with Crippen molar-refractivity contribution in [2.75, 3.05) is 5.32 Å². The predicted octanol–water partition coefficient (Wildman–Crippen LogP) is 6.57. The summed E-state index contributed by atoms with van der Waals surface area (Å²) in [6, 6.07) is 50.1. The van der Waals surface area contributed by atoms with Crippen LogP contribution in [0.2, 0.25) is 0 Å². The fourth-order valence-electron chi connectivity index (χ4n) is 5.54. The van der Waals surface area contributed by atoms with E-state index in [0.717, 1.165) is 11.4 Å². The van der Waals surface area contributed by atoms with E-state index < -0.39 is 15.8 Å². The molecule has 2 unspecified atom stereocenters. The van der Waals surface area contributed by atoms with Crippen LogP contribution >= 0.6 is 15.8 Å². The van der Waals surface area contributed by atoms with Crippen LogP contribution in [0.5, 0.6) is 5.75 Å². The van der Waals surface area contributed by atoms with E-state index >= 15 is 0 Å². The van der Waals surface area contributed by atoms with Gasteiger partial charge in [0.05, 0.1) is 11.7 Å². The highest BCUT2D eigenvalue weighted by molar-refractivity contribution is 7.80. The molecule has 0 amide bonds. The van der Waals surface area contributed by atoms with Crippen LogP contribution in [0.3, 0.4) is 0 Å². The Balaban J connectivity index is 1.34. The molecule has 5 aromatic carbocycles. The Hall–Kier alpha value is -3.96. The first-order valence-electron chi connectivity index (χ1n) is 13.6. The molecule has 1 heterocycles. The van der Waals surface area contributed by atoms with Crippen molar-refractivity contribution in [2.45, 2.75) is 12.1 Å². The molecule has 0 saturated heterocycles. The highest BCUT2D eigenvalue weighted by atomic mass is 31.1. The number of nitrogens with one attached hydrogen (secondary N) is 1. The zero-order chi connectivity index (χ0) is 26.7. The van der Waals surface area contributed by atoms with E-state index in [1.54, 1.807) is 0 Å². The summed E-state index contributed by atoms with van der Waals surface area (Å²) in [5.41, 5.74) is 1.06. The van der Waals surface area contributed by atoms with Gasteiger partial charge in [0.1, 0.15) is 6.10 Å². The van der Waals surface area contributed by atoms with Crippen LogP contribution in [0, 0.1) is 0 Å². The van der Waals surface area contributed by atoms with E-state index in [2.05, 4.69) is 163 Å². The Morgan fingerprint density at radius 2 is 1.02 bits per heavy atom. The number of ether oxygens (including phenoxy) is 1. The third-order valence-electron chi connectivity index (χ3n) is 7.32.